The molecule has 0 aromatic heterocycles. The summed E-state index contributed by atoms with van der Waals surface area (Å²) in [5.41, 5.74) is 4.17. The van der Waals surface area contributed by atoms with Gasteiger partial charge in [-0.25, -0.2) is 0 Å². The molecule has 30 heavy (non-hydrogen) atoms. The van der Waals surface area contributed by atoms with Gasteiger partial charge in [0, 0.05) is 22.7 Å². The maximum Gasteiger partial charge on any atom is 0.129 e. The van der Waals surface area contributed by atoms with Crippen molar-refractivity contribution in [3.05, 3.63) is 99.0 Å². The summed E-state index contributed by atoms with van der Waals surface area (Å²) >= 11 is 12.2. The molecule has 0 aliphatic carbocycles. The maximum atomic E-state index is 6.10. The predicted octanol–water partition coefficient (Wildman–Crippen LogP) is 5.98. The minimum atomic E-state index is -0.101. The Morgan fingerprint density at radius 1 is 0.867 bits per heavy atom. The topological polar surface area (TPSA) is 42.9 Å². The van der Waals surface area contributed by atoms with E-state index in [2.05, 4.69) is 11.4 Å². The van der Waals surface area contributed by atoms with Crippen LogP contribution < -0.4 is 10.1 Å². The molecule has 1 heterocycles. The third kappa shape index (κ3) is 4.46. The largest absolute Gasteiger partial charge is 0.497 e. The van der Waals surface area contributed by atoms with Gasteiger partial charge in [0.2, 0.25) is 0 Å². The lowest BCUT2D eigenvalue weighted by molar-refractivity contribution is 0.184. The molecule has 3 aromatic rings. The van der Waals surface area contributed by atoms with Gasteiger partial charge in [-0.15, -0.1) is 0 Å². The number of hydrogen-bond acceptors (Lipinski definition) is 4. The van der Waals surface area contributed by atoms with Gasteiger partial charge < -0.3 is 14.8 Å². The number of ether oxygens (including phenoxy) is 2. The smallest absolute Gasteiger partial charge is 0.129 e. The number of halogens is 2. The number of hydrogen-bond donors (Lipinski definition) is 1. The first-order valence-electron chi connectivity index (χ1n) is 9.60. The highest BCUT2D eigenvalue weighted by atomic mass is 35.5. The summed E-state index contributed by atoms with van der Waals surface area (Å²) in [5.74, 6) is 1.58. The lowest BCUT2D eigenvalue weighted by atomic mass is 9.95. The lowest BCUT2D eigenvalue weighted by Gasteiger charge is -2.20. The number of benzene rings is 3. The minimum absolute atomic E-state index is 0.0319. The minimum Gasteiger partial charge on any atom is -0.497 e. The average molecular weight is 441 g/mol. The molecule has 0 bridgehead atoms. The number of nitrogens with one attached hydrogen (secondary N) is 1. The summed E-state index contributed by atoms with van der Waals surface area (Å²) in [5, 5.41) is 5.01. The average Bonchev–Trinajstić information content (AvgIpc) is 3.20. The molecule has 0 saturated carbocycles. The number of amidine groups is 1. The van der Waals surface area contributed by atoms with Crippen molar-refractivity contribution in [2.45, 2.75) is 18.7 Å². The van der Waals surface area contributed by atoms with Gasteiger partial charge in [0.25, 0.3) is 0 Å². The zero-order valence-corrected chi connectivity index (χ0v) is 18.2. The van der Waals surface area contributed by atoms with Crippen LogP contribution in [0.25, 0.3) is 0 Å². The second-order valence-corrected chi connectivity index (χ2v) is 8.02. The SMILES string of the molecule is COCc1cc(OC)cc(C2=NC(c3ccc(Cl)cc3)C(c3ccc(Cl)cc3)N2)c1. The second kappa shape index (κ2) is 9.09. The van der Waals surface area contributed by atoms with Gasteiger partial charge in [0.1, 0.15) is 17.6 Å². The van der Waals surface area contributed by atoms with Crippen molar-refractivity contribution in [2.24, 2.45) is 4.99 Å². The Morgan fingerprint density at radius 2 is 1.50 bits per heavy atom. The van der Waals surface area contributed by atoms with Crippen molar-refractivity contribution in [1.29, 1.82) is 0 Å². The molecule has 0 spiro atoms. The van der Waals surface area contributed by atoms with E-state index in [4.69, 9.17) is 37.7 Å². The van der Waals surface area contributed by atoms with Crippen LogP contribution in [0.2, 0.25) is 10.0 Å². The molecule has 4 nitrogen and oxygen atoms in total. The summed E-state index contributed by atoms with van der Waals surface area (Å²) in [6, 6.07) is 21.6. The fraction of sp³-hybridized carbons (Fsp3) is 0.208. The monoisotopic (exact) mass is 440 g/mol. The van der Waals surface area contributed by atoms with E-state index in [1.807, 2.05) is 60.7 Å². The van der Waals surface area contributed by atoms with E-state index in [0.29, 0.717) is 16.7 Å². The quantitative estimate of drug-likeness (QED) is 0.512. The van der Waals surface area contributed by atoms with Crippen LogP contribution >= 0.6 is 23.2 Å². The van der Waals surface area contributed by atoms with E-state index in [0.717, 1.165) is 33.8 Å². The molecule has 1 aliphatic heterocycles. The molecule has 1 aliphatic rings. The van der Waals surface area contributed by atoms with Crippen molar-refractivity contribution in [2.75, 3.05) is 14.2 Å². The Bertz CT molecular complexity index is 1050. The van der Waals surface area contributed by atoms with Gasteiger partial charge in [-0.1, -0.05) is 47.5 Å². The van der Waals surface area contributed by atoms with E-state index in [-0.39, 0.29) is 12.1 Å². The molecule has 2 atom stereocenters. The summed E-state index contributed by atoms with van der Waals surface area (Å²) in [7, 11) is 3.34. The Morgan fingerprint density at radius 3 is 2.10 bits per heavy atom. The number of aliphatic imine (C=N–C) groups is 1. The first-order valence-corrected chi connectivity index (χ1v) is 10.4. The van der Waals surface area contributed by atoms with Crippen LogP contribution in [0.4, 0.5) is 0 Å². The maximum absolute atomic E-state index is 6.10. The standard InChI is InChI=1S/C24H22Cl2N2O2/c1-29-14-15-11-18(13-21(12-15)30-2)24-27-22(16-3-7-19(25)8-4-16)23(28-24)17-5-9-20(26)10-6-17/h3-13,22-23H,14H2,1-2H3,(H,27,28). The van der Waals surface area contributed by atoms with Crippen LogP contribution in [-0.2, 0) is 11.3 Å². The number of methoxy groups -OCH3 is 2. The lowest BCUT2D eigenvalue weighted by Crippen LogP contribution is -2.25. The van der Waals surface area contributed by atoms with E-state index < -0.39 is 0 Å². The van der Waals surface area contributed by atoms with Crippen molar-refractivity contribution >= 4 is 29.0 Å². The summed E-state index contributed by atoms with van der Waals surface area (Å²) in [6.45, 7) is 0.499. The van der Waals surface area contributed by atoms with Crippen molar-refractivity contribution in [3.8, 4) is 5.75 Å². The summed E-state index contributed by atoms with van der Waals surface area (Å²) in [6.07, 6.45) is 0. The Balaban J connectivity index is 1.75. The Hall–Kier alpha value is -2.53. The van der Waals surface area contributed by atoms with Crippen LogP contribution in [-0.4, -0.2) is 20.1 Å². The van der Waals surface area contributed by atoms with Gasteiger partial charge in [-0.2, -0.15) is 0 Å². The van der Waals surface area contributed by atoms with Crippen molar-refractivity contribution in [1.82, 2.24) is 5.32 Å². The third-order valence-electron chi connectivity index (χ3n) is 5.10. The van der Waals surface area contributed by atoms with Crippen molar-refractivity contribution < 1.29 is 9.47 Å². The highest BCUT2D eigenvalue weighted by Crippen LogP contribution is 2.38. The molecule has 0 saturated heterocycles. The van der Waals surface area contributed by atoms with E-state index in [1.165, 1.54) is 0 Å². The van der Waals surface area contributed by atoms with Crippen LogP contribution in [0.15, 0.2) is 71.7 Å². The first kappa shape index (κ1) is 20.7. The highest BCUT2D eigenvalue weighted by Gasteiger charge is 2.32. The normalized spacial score (nSPS) is 18.1. The number of rotatable bonds is 6. The van der Waals surface area contributed by atoms with Gasteiger partial charge in [0.15, 0.2) is 0 Å². The van der Waals surface area contributed by atoms with Crippen LogP contribution in [0, 0.1) is 0 Å². The first-order chi connectivity index (χ1) is 14.6. The molecule has 154 valence electrons. The van der Waals surface area contributed by atoms with Crippen LogP contribution in [0.1, 0.15) is 34.3 Å². The highest BCUT2D eigenvalue weighted by molar-refractivity contribution is 6.30. The van der Waals surface area contributed by atoms with E-state index in [9.17, 15) is 0 Å². The van der Waals surface area contributed by atoms with Crippen molar-refractivity contribution in [3.63, 3.8) is 0 Å². The molecule has 2 unspecified atom stereocenters. The van der Waals surface area contributed by atoms with Gasteiger partial charge in [0.05, 0.1) is 19.8 Å². The van der Waals surface area contributed by atoms with E-state index >= 15 is 0 Å². The molecule has 0 amide bonds. The van der Waals surface area contributed by atoms with Gasteiger partial charge in [-0.05, 0) is 59.2 Å². The molecule has 3 aromatic carbocycles. The van der Waals surface area contributed by atoms with Gasteiger partial charge >= 0.3 is 0 Å². The predicted molar refractivity (Wildman–Crippen MR) is 122 cm³/mol. The fourth-order valence-electron chi connectivity index (χ4n) is 3.66. The summed E-state index contributed by atoms with van der Waals surface area (Å²) < 4.78 is 10.8. The van der Waals surface area contributed by atoms with Crippen LogP contribution in [0.5, 0.6) is 5.75 Å². The molecule has 4 rings (SSSR count). The molecular formula is C24H22Cl2N2O2. The zero-order valence-electron chi connectivity index (χ0n) is 16.7. The third-order valence-corrected chi connectivity index (χ3v) is 5.61. The number of nitrogens with zero attached hydrogens (tertiary/aromatic N) is 1. The van der Waals surface area contributed by atoms with E-state index in [1.54, 1.807) is 14.2 Å². The molecule has 1 N–H and O–H groups in total. The molecular weight excluding hydrogens is 419 g/mol. The van der Waals surface area contributed by atoms with Gasteiger partial charge in [-0.3, -0.25) is 4.99 Å². The Labute approximate surface area is 186 Å². The molecule has 0 radical (unpaired) electrons. The Kier molecular flexibility index (Phi) is 6.28. The fourth-order valence-corrected chi connectivity index (χ4v) is 3.91. The molecule has 6 heteroatoms. The zero-order chi connectivity index (χ0) is 21.1. The summed E-state index contributed by atoms with van der Waals surface area (Å²) in [4.78, 5) is 5.05. The van der Waals surface area contributed by atoms with Crippen LogP contribution in [0.3, 0.4) is 0 Å². The second-order valence-electron chi connectivity index (χ2n) is 7.15. The molecule has 0 fully saturated rings.